The first-order chi connectivity index (χ1) is 18.0. The lowest BCUT2D eigenvalue weighted by Gasteiger charge is -2.44. The Labute approximate surface area is 214 Å². The molecule has 9 nitrogen and oxygen atoms in total. The number of esters is 3. The molecule has 0 spiro atoms. The van der Waals surface area contributed by atoms with Crippen molar-refractivity contribution >= 4 is 17.9 Å². The van der Waals surface area contributed by atoms with Crippen LogP contribution >= 0.6 is 0 Å². The SMILES string of the molecule is CO[C@H]1O[C@H](CN)[C@@H](OC(=O)c2ccccc2)[C@H](OC(=O)c2ccccc2)[C@@H]1OC(=O)c1ccccc1. The second kappa shape index (κ2) is 12.3. The van der Waals surface area contributed by atoms with E-state index in [0.717, 1.165) is 0 Å². The normalized spacial score (nSPS) is 23.0. The largest absolute Gasteiger partial charge is 0.452 e. The summed E-state index contributed by atoms with van der Waals surface area (Å²) >= 11 is 0. The van der Waals surface area contributed by atoms with Crippen molar-refractivity contribution in [3.05, 3.63) is 108 Å². The maximum Gasteiger partial charge on any atom is 0.338 e. The number of hydrogen-bond donors (Lipinski definition) is 1. The Hall–Kier alpha value is -4.05. The van der Waals surface area contributed by atoms with E-state index in [1.54, 1.807) is 91.0 Å². The molecule has 1 aliphatic rings. The summed E-state index contributed by atoms with van der Waals surface area (Å²) in [6, 6.07) is 24.9. The van der Waals surface area contributed by atoms with Crippen molar-refractivity contribution in [1.29, 1.82) is 0 Å². The van der Waals surface area contributed by atoms with E-state index in [1.165, 1.54) is 7.11 Å². The van der Waals surface area contributed by atoms with Gasteiger partial charge in [0.05, 0.1) is 16.7 Å². The van der Waals surface area contributed by atoms with Gasteiger partial charge in [-0.3, -0.25) is 0 Å². The molecule has 0 bridgehead atoms. The number of carbonyl (C=O) groups is 3. The van der Waals surface area contributed by atoms with Gasteiger partial charge in [-0.2, -0.15) is 0 Å². The molecule has 0 unspecified atom stereocenters. The highest BCUT2D eigenvalue weighted by molar-refractivity contribution is 5.91. The van der Waals surface area contributed by atoms with Gasteiger partial charge >= 0.3 is 17.9 Å². The number of methoxy groups -OCH3 is 1. The summed E-state index contributed by atoms with van der Waals surface area (Å²) in [5.41, 5.74) is 6.75. The molecule has 3 aromatic carbocycles. The van der Waals surface area contributed by atoms with Crippen LogP contribution in [0.5, 0.6) is 0 Å². The molecule has 4 rings (SSSR count). The Morgan fingerprint density at radius 1 is 0.649 bits per heavy atom. The number of benzene rings is 3. The Morgan fingerprint density at radius 2 is 1.03 bits per heavy atom. The monoisotopic (exact) mass is 505 g/mol. The number of hydrogen-bond acceptors (Lipinski definition) is 9. The van der Waals surface area contributed by atoms with Gasteiger partial charge < -0.3 is 29.4 Å². The molecule has 2 N–H and O–H groups in total. The van der Waals surface area contributed by atoms with E-state index in [1.807, 2.05) is 0 Å². The maximum atomic E-state index is 13.1. The Morgan fingerprint density at radius 3 is 1.41 bits per heavy atom. The molecule has 3 aromatic rings. The van der Waals surface area contributed by atoms with Crippen LogP contribution in [0.15, 0.2) is 91.0 Å². The fraction of sp³-hybridized carbons (Fsp3) is 0.250. The Bertz CT molecular complexity index is 1120. The smallest absolute Gasteiger partial charge is 0.338 e. The molecular formula is C28H27NO8. The summed E-state index contributed by atoms with van der Waals surface area (Å²) in [7, 11) is 1.36. The zero-order chi connectivity index (χ0) is 26.2. The average molecular weight is 506 g/mol. The van der Waals surface area contributed by atoms with Gasteiger partial charge in [0, 0.05) is 13.7 Å². The van der Waals surface area contributed by atoms with Gasteiger partial charge in [0.15, 0.2) is 24.6 Å². The molecule has 9 heteroatoms. The molecule has 0 saturated carbocycles. The molecule has 37 heavy (non-hydrogen) atoms. The summed E-state index contributed by atoms with van der Waals surface area (Å²) < 4.78 is 28.7. The lowest BCUT2D eigenvalue weighted by molar-refractivity contribution is -0.285. The molecule has 1 aliphatic heterocycles. The van der Waals surface area contributed by atoms with Crippen LogP contribution in [-0.2, 0) is 23.7 Å². The topological polar surface area (TPSA) is 123 Å². The van der Waals surface area contributed by atoms with Gasteiger partial charge in [-0.05, 0) is 36.4 Å². The van der Waals surface area contributed by atoms with E-state index in [9.17, 15) is 14.4 Å². The van der Waals surface area contributed by atoms with Crippen LogP contribution in [-0.4, -0.2) is 62.3 Å². The number of rotatable bonds is 8. The highest BCUT2D eigenvalue weighted by Crippen LogP contribution is 2.30. The van der Waals surface area contributed by atoms with Crippen molar-refractivity contribution in [3.63, 3.8) is 0 Å². The van der Waals surface area contributed by atoms with E-state index in [2.05, 4.69) is 0 Å². The van der Waals surface area contributed by atoms with Crippen molar-refractivity contribution in [1.82, 2.24) is 0 Å². The van der Waals surface area contributed by atoms with E-state index in [4.69, 9.17) is 29.4 Å². The van der Waals surface area contributed by atoms with Crippen LogP contribution in [0.3, 0.4) is 0 Å². The van der Waals surface area contributed by atoms with Gasteiger partial charge in [-0.15, -0.1) is 0 Å². The molecule has 1 fully saturated rings. The first kappa shape index (κ1) is 26.0. The minimum Gasteiger partial charge on any atom is -0.452 e. The third-order valence-electron chi connectivity index (χ3n) is 5.81. The zero-order valence-electron chi connectivity index (χ0n) is 20.1. The fourth-order valence-electron chi connectivity index (χ4n) is 3.96. The van der Waals surface area contributed by atoms with Gasteiger partial charge in [0.2, 0.25) is 0 Å². The van der Waals surface area contributed by atoms with Crippen molar-refractivity contribution in [2.75, 3.05) is 13.7 Å². The summed E-state index contributed by atoms with van der Waals surface area (Å²) in [6.07, 6.45) is -5.84. The highest BCUT2D eigenvalue weighted by atomic mass is 16.7. The van der Waals surface area contributed by atoms with Crippen molar-refractivity contribution < 1.29 is 38.1 Å². The number of ether oxygens (including phenoxy) is 5. The third kappa shape index (κ3) is 6.21. The molecule has 0 aliphatic carbocycles. The van der Waals surface area contributed by atoms with Crippen LogP contribution in [0.4, 0.5) is 0 Å². The minimum atomic E-state index is -1.29. The average Bonchev–Trinajstić information content (AvgIpc) is 2.95. The van der Waals surface area contributed by atoms with Gasteiger partial charge in [-0.25, -0.2) is 14.4 Å². The quantitative estimate of drug-likeness (QED) is 0.363. The second-order valence-corrected chi connectivity index (χ2v) is 8.22. The summed E-state index contributed by atoms with van der Waals surface area (Å²) in [4.78, 5) is 39.0. The van der Waals surface area contributed by atoms with Gasteiger partial charge in [0.25, 0.3) is 0 Å². The second-order valence-electron chi connectivity index (χ2n) is 8.22. The van der Waals surface area contributed by atoms with Gasteiger partial charge in [-0.1, -0.05) is 54.6 Å². The minimum absolute atomic E-state index is 0.0919. The molecule has 1 saturated heterocycles. The first-order valence-electron chi connectivity index (χ1n) is 11.7. The molecule has 1 heterocycles. The Balaban J connectivity index is 1.69. The molecule has 5 atom stereocenters. The van der Waals surface area contributed by atoms with Crippen LogP contribution in [0, 0.1) is 0 Å². The van der Waals surface area contributed by atoms with Gasteiger partial charge in [0.1, 0.15) is 6.10 Å². The van der Waals surface area contributed by atoms with Crippen LogP contribution in [0.1, 0.15) is 31.1 Å². The van der Waals surface area contributed by atoms with E-state index < -0.39 is 48.6 Å². The lowest BCUT2D eigenvalue weighted by atomic mass is 9.97. The van der Waals surface area contributed by atoms with E-state index >= 15 is 0 Å². The van der Waals surface area contributed by atoms with E-state index in [-0.39, 0.29) is 23.2 Å². The van der Waals surface area contributed by atoms with Crippen molar-refractivity contribution in [2.45, 2.75) is 30.7 Å². The number of carbonyl (C=O) groups excluding carboxylic acids is 3. The zero-order valence-corrected chi connectivity index (χ0v) is 20.1. The first-order valence-corrected chi connectivity index (χ1v) is 11.7. The van der Waals surface area contributed by atoms with Crippen LogP contribution < -0.4 is 5.73 Å². The lowest BCUT2D eigenvalue weighted by Crippen LogP contribution is -2.63. The van der Waals surface area contributed by atoms with Crippen molar-refractivity contribution in [2.24, 2.45) is 5.73 Å². The number of nitrogens with two attached hydrogens (primary N) is 1. The molecule has 192 valence electrons. The standard InChI is InChI=1S/C28H27NO8/c1-33-28-24(37-27(32)20-15-9-4-10-16-20)23(36-26(31)19-13-7-3-8-14-19)22(21(17-29)34-28)35-25(30)18-11-5-2-6-12-18/h2-16,21-24,28H,17,29H2,1H3/t21-,22-,23+,24+,28+/m1/s1. The predicted octanol–water partition coefficient (Wildman–Crippen LogP) is 2.99. The molecule has 0 amide bonds. The fourth-order valence-corrected chi connectivity index (χ4v) is 3.96. The predicted molar refractivity (Wildman–Crippen MR) is 132 cm³/mol. The summed E-state index contributed by atoms with van der Waals surface area (Å²) in [6.45, 7) is -0.0919. The molecule has 0 aromatic heterocycles. The Kier molecular flexibility index (Phi) is 8.63. The summed E-state index contributed by atoms with van der Waals surface area (Å²) in [5.74, 6) is -2.09. The molecular weight excluding hydrogens is 478 g/mol. The third-order valence-corrected chi connectivity index (χ3v) is 5.81. The van der Waals surface area contributed by atoms with E-state index in [0.29, 0.717) is 0 Å². The maximum absolute atomic E-state index is 13.1. The summed E-state index contributed by atoms with van der Waals surface area (Å²) in [5, 5.41) is 0. The van der Waals surface area contributed by atoms with Crippen LogP contribution in [0.25, 0.3) is 0 Å². The molecule has 0 radical (unpaired) electrons. The van der Waals surface area contributed by atoms with Crippen molar-refractivity contribution in [3.8, 4) is 0 Å². The van der Waals surface area contributed by atoms with Crippen LogP contribution in [0.2, 0.25) is 0 Å². The highest BCUT2D eigenvalue weighted by Gasteiger charge is 2.52.